The minimum absolute atomic E-state index is 0.0559. The van der Waals surface area contributed by atoms with Crippen LogP contribution in [0.2, 0.25) is 0 Å². The van der Waals surface area contributed by atoms with Gasteiger partial charge in [-0.05, 0) is 20.8 Å². The number of nitrogens with two attached hydrogens (primary N) is 1. The highest BCUT2D eigenvalue weighted by atomic mass is 16.2. The molecule has 92 valence electrons. The molecule has 1 aliphatic heterocycles. The van der Waals surface area contributed by atoms with Crippen LogP contribution in [0.4, 0.5) is 0 Å². The molecule has 0 saturated carbocycles. The summed E-state index contributed by atoms with van der Waals surface area (Å²) in [6.45, 7) is 7.34. The van der Waals surface area contributed by atoms with Crippen LogP contribution in [-0.2, 0) is 9.59 Å². The summed E-state index contributed by atoms with van der Waals surface area (Å²) in [5.41, 5.74) is 5.10. The number of hydrogen-bond donors (Lipinski definition) is 2. The van der Waals surface area contributed by atoms with Gasteiger partial charge in [-0.3, -0.25) is 9.59 Å². The summed E-state index contributed by atoms with van der Waals surface area (Å²) in [5, 5.41) is 2.72. The van der Waals surface area contributed by atoms with Gasteiger partial charge in [-0.15, -0.1) is 0 Å². The number of hydrogen-bond acceptors (Lipinski definition) is 3. The number of likely N-dealkylation sites (tertiary alicyclic amines) is 1. The van der Waals surface area contributed by atoms with Gasteiger partial charge in [0.25, 0.3) is 0 Å². The van der Waals surface area contributed by atoms with Crippen LogP contribution in [0.5, 0.6) is 0 Å². The number of nitrogens with one attached hydrogen (secondary N) is 1. The lowest BCUT2D eigenvalue weighted by Crippen LogP contribution is -2.43. The molecule has 1 heterocycles. The second-order valence-corrected chi connectivity index (χ2v) is 5.16. The molecule has 1 atom stereocenters. The Morgan fingerprint density at radius 2 is 2.19 bits per heavy atom. The lowest BCUT2D eigenvalue weighted by Gasteiger charge is -2.31. The summed E-state index contributed by atoms with van der Waals surface area (Å²) < 4.78 is 0. The Balaban J connectivity index is 2.56. The highest BCUT2D eigenvalue weighted by Crippen LogP contribution is 2.25. The molecule has 0 spiro atoms. The number of nitrogens with zero attached hydrogens (tertiary/aromatic N) is 1. The van der Waals surface area contributed by atoms with Gasteiger partial charge in [0.2, 0.25) is 11.8 Å². The van der Waals surface area contributed by atoms with Gasteiger partial charge in [0.15, 0.2) is 0 Å². The molecule has 5 nitrogen and oxygen atoms in total. The average Bonchev–Trinajstić information content (AvgIpc) is 2.56. The van der Waals surface area contributed by atoms with Gasteiger partial charge in [0.05, 0.1) is 5.92 Å². The summed E-state index contributed by atoms with van der Waals surface area (Å²) in [7, 11) is 0. The van der Waals surface area contributed by atoms with E-state index in [2.05, 4.69) is 5.32 Å². The van der Waals surface area contributed by atoms with Crippen LogP contribution in [0.3, 0.4) is 0 Å². The monoisotopic (exact) mass is 227 g/mol. The standard InChI is InChI=1S/C11H21N3O2/c1-11(2,3)14-7-8(6-9(14)15)10(16)13-5-4-12/h8H,4-7,12H2,1-3H3,(H,13,16). The fourth-order valence-electron chi connectivity index (χ4n) is 1.87. The highest BCUT2D eigenvalue weighted by Gasteiger charge is 2.39. The summed E-state index contributed by atoms with van der Waals surface area (Å²) in [5.74, 6) is -0.232. The van der Waals surface area contributed by atoms with Crippen molar-refractivity contribution < 1.29 is 9.59 Å². The van der Waals surface area contributed by atoms with Crippen molar-refractivity contribution in [2.24, 2.45) is 11.7 Å². The summed E-state index contributed by atoms with van der Waals surface area (Å²) in [4.78, 5) is 25.2. The Kier molecular flexibility index (Phi) is 3.91. The van der Waals surface area contributed by atoms with E-state index >= 15 is 0 Å². The minimum Gasteiger partial charge on any atom is -0.355 e. The molecule has 1 saturated heterocycles. The summed E-state index contributed by atoms with van der Waals surface area (Å²) >= 11 is 0. The van der Waals surface area contributed by atoms with Crippen LogP contribution >= 0.6 is 0 Å². The average molecular weight is 227 g/mol. The zero-order valence-electron chi connectivity index (χ0n) is 10.2. The predicted octanol–water partition coefficient (Wildman–Crippen LogP) is -0.292. The van der Waals surface area contributed by atoms with Crippen molar-refractivity contribution in [3.63, 3.8) is 0 Å². The first-order valence-electron chi connectivity index (χ1n) is 5.64. The molecule has 0 aromatic rings. The van der Waals surface area contributed by atoms with Gasteiger partial charge >= 0.3 is 0 Å². The maximum Gasteiger partial charge on any atom is 0.225 e. The topological polar surface area (TPSA) is 75.4 Å². The zero-order valence-corrected chi connectivity index (χ0v) is 10.2. The quantitative estimate of drug-likeness (QED) is 0.695. The third kappa shape index (κ3) is 2.95. The first kappa shape index (κ1) is 13.0. The highest BCUT2D eigenvalue weighted by molar-refractivity contribution is 5.89. The molecule has 0 aromatic carbocycles. The Labute approximate surface area is 96.4 Å². The molecule has 5 heteroatoms. The number of amides is 2. The maximum absolute atomic E-state index is 11.7. The van der Waals surface area contributed by atoms with E-state index in [1.54, 1.807) is 4.90 Å². The third-order valence-electron chi connectivity index (χ3n) is 2.75. The van der Waals surface area contributed by atoms with Gasteiger partial charge in [0, 0.05) is 31.6 Å². The fourth-order valence-corrected chi connectivity index (χ4v) is 1.87. The van der Waals surface area contributed by atoms with Crippen LogP contribution in [0, 0.1) is 5.92 Å². The summed E-state index contributed by atoms with van der Waals surface area (Å²) in [6, 6.07) is 0. The molecule has 1 aliphatic rings. The number of rotatable bonds is 3. The molecule has 1 fully saturated rings. The molecule has 3 N–H and O–H groups in total. The van der Waals surface area contributed by atoms with Crippen molar-refractivity contribution >= 4 is 11.8 Å². The zero-order chi connectivity index (χ0) is 12.3. The van der Waals surface area contributed by atoms with E-state index in [0.29, 0.717) is 26.1 Å². The maximum atomic E-state index is 11.7. The molecule has 16 heavy (non-hydrogen) atoms. The second kappa shape index (κ2) is 4.82. The lowest BCUT2D eigenvalue weighted by atomic mass is 10.1. The van der Waals surface area contributed by atoms with Gasteiger partial charge in [0.1, 0.15) is 0 Å². The van der Waals surface area contributed by atoms with Crippen LogP contribution in [-0.4, -0.2) is 41.9 Å². The van der Waals surface area contributed by atoms with Gasteiger partial charge in [-0.2, -0.15) is 0 Å². The van der Waals surface area contributed by atoms with Crippen molar-refractivity contribution in [2.75, 3.05) is 19.6 Å². The van der Waals surface area contributed by atoms with Crippen LogP contribution in [0.1, 0.15) is 27.2 Å². The van der Waals surface area contributed by atoms with E-state index < -0.39 is 0 Å². The Hall–Kier alpha value is -1.10. The van der Waals surface area contributed by atoms with Crippen molar-refractivity contribution in [1.82, 2.24) is 10.2 Å². The van der Waals surface area contributed by atoms with E-state index in [0.717, 1.165) is 0 Å². The molecule has 2 amide bonds. The number of carbonyl (C=O) groups is 2. The Morgan fingerprint density at radius 3 is 2.62 bits per heavy atom. The van der Waals surface area contributed by atoms with Crippen molar-refractivity contribution in [3.8, 4) is 0 Å². The third-order valence-corrected chi connectivity index (χ3v) is 2.75. The first-order chi connectivity index (χ1) is 7.36. The van der Waals surface area contributed by atoms with E-state index in [9.17, 15) is 9.59 Å². The summed E-state index contributed by atoms with van der Waals surface area (Å²) in [6.07, 6.45) is 0.313. The first-order valence-corrected chi connectivity index (χ1v) is 5.64. The lowest BCUT2D eigenvalue weighted by molar-refractivity contribution is -0.132. The second-order valence-electron chi connectivity index (χ2n) is 5.16. The van der Waals surface area contributed by atoms with Gasteiger partial charge in [-0.1, -0.05) is 0 Å². The van der Waals surface area contributed by atoms with Crippen molar-refractivity contribution in [2.45, 2.75) is 32.7 Å². The van der Waals surface area contributed by atoms with E-state index in [1.807, 2.05) is 20.8 Å². The smallest absolute Gasteiger partial charge is 0.225 e. The normalized spacial score (nSPS) is 21.4. The Bertz CT molecular complexity index is 283. The van der Waals surface area contributed by atoms with E-state index in [1.165, 1.54) is 0 Å². The minimum atomic E-state index is -0.224. The molecule has 1 rings (SSSR count). The van der Waals surface area contributed by atoms with Crippen molar-refractivity contribution in [1.29, 1.82) is 0 Å². The fraction of sp³-hybridized carbons (Fsp3) is 0.818. The largest absolute Gasteiger partial charge is 0.355 e. The SMILES string of the molecule is CC(C)(C)N1CC(C(=O)NCCN)CC1=O. The molecule has 0 aliphatic carbocycles. The molecule has 0 radical (unpaired) electrons. The van der Waals surface area contributed by atoms with Crippen LogP contribution in [0.15, 0.2) is 0 Å². The molecule has 0 aromatic heterocycles. The molecular formula is C11H21N3O2. The van der Waals surface area contributed by atoms with E-state index in [-0.39, 0.29) is 23.3 Å². The number of carbonyl (C=O) groups excluding carboxylic acids is 2. The van der Waals surface area contributed by atoms with Gasteiger partial charge < -0.3 is 16.0 Å². The van der Waals surface area contributed by atoms with Gasteiger partial charge in [-0.25, -0.2) is 0 Å². The molecule has 1 unspecified atom stereocenters. The Morgan fingerprint density at radius 1 is 1.56 bits per heavy atom. The van der Waals surface area contributed by atoms with Crippen LogP contribution < -0.4 is 11.1 Å². The molecular weight excluding hydrogens is 206 g/mol. The van der Waals surface area contributed by atoms with Crippen molar-refractivity contribution in [3.05, 3.63) is 0 Å². The predicted molar refractivity (Wildman–Crippen MR) is 61.6 cm³/mol. The van der Waals surface area contributed by atoms with E-state index in [4.69, 9.17) is 5.73 Å². The van der Waals surface area contributed by atoms with Crippen LogP contribution in [0.25, 0.3) is 0 Å². The molecule has 0 bridgehead atoms.